The van der Waals surface area contributed by atoms with Crippen molar-refractivity contribution in [3.63, 3.8) is 0 Å². The van der Waals surface area contributed by atoms with Crippen molar-refractivity contribution in [3.8, 4) is 5.75 Å². The number of aliphatic hydroxyl groups excluding tert-OH is 1. The number of aliphatic hydroxyl groups is 1. The summed E-state index contributed by atoms with van der Waals surface area (Å²) in [7, 11) is 1.62. The Bertz CT molecular complexity index is 1340. The van der Waals surface area contributed by atoms with Crippen LogP contribution < -0.4 is 21.1 Å². The first-order valence-electron chi connectivity index (χ1n) is 15.2. The van der Waals surface area contributed by atoms with E-state index in [2.05, 4.69) is 10.6 Å². The lowest BCUT2D eigenvalue weighted by Gasteiger charge is -2.25. The van der Waals surface area contributed by atoms with Crippen LogP contribution in [-0.2, 0) is 46.6 Å². The quantitative estimate of drug-likeness (QED) is 0.162. The summed E-state index contributed by atoms with van der Waals surface area (Å²) < 4.78 is 5.29. The molecule has 0 unspecified atom stereocenters. The molecule has 0 aliphatic rings. The van der Waals surface area contributed by atoms with Gasteiger partial charge >= 0.3 is 0 Å². The Hall–Kier alpha value is -3.73. The van der Waals surface area contributed by atoms with Crippen LogP contribution in [0.4, 0.5) is 0 Å². The summed E-state index contributed by atoms with van der Waals surface area (Å²) in [6.45, 7) is 6.27. The molecule has 238 valence electrons. The summed E-state index contributed by atoms with van der Waals surface area (Å²) in [6, 6.07) is 16.6. The number of thiophene rings is 1. The number of nitrogens with zero attached hydrogens (tertiary/aromatic N) is 1. The predicted octanol–water partition coefficient (Wildman–Crippen LogP) is 3.40. The maximum absolute atomic E-state index is 13.3. The summed E-state index contributed by atoms with van der Waals surface area (Å²) in [6.07, 6.45) is 1.61. The molecule has 1 aromatic heterocycles. The Balaban J connectivity index is 1.71. The van der Waals surface area contributed by atoms with Crippen molar-refractivity contribution in [2.24, 2.45) is 5.73 Å². The number of rotatable bonds is 19. The van der Waals surface area contributed by atoms with Crippen LogP contribution >= 0.6 is 11.3 Å². The molecule has 0 spiro atoms. The number of hydrogen-bond acceptors (Lipinski definition) is 7. The van der Waals surface area contributed by atoms with E-state index < -0.39 is 18.1 Å². The van der Waals surface area contributed by atoms with Gasteiger partial charge < -0.3 is 31.1 Å². The molecule has 0 aliphatic carbocycles. The standard InChI is InChI=1S/C34H46N4O5S/c1-4-11-38(12-5-2)34(42)20-27-15-25(18-32(35)40)14-26(16-27)19-33(41)37-30(21-29-10-7-13-44-29)31(39)23-36-22-24-8-6-9-28(17-24)43-3/h6-10,13-17,30-31,36,39H,4-5,11-12,18-23H2,1-3H3,(H2,35,40)(H,37,41)/t30-,31+/m0/s1. The number of hydrogen-bond donors (Lipinski definition) is 4. The number of carbonyl (C=O) groups is 3. The second-order valence-corrected chi connectivity index (χ2v) is 12.1. The minimum absolute atomic E-state index is 0.0147. The first kappa shape index (κ1) is 34.8. The van der Waals surface area contributed by atoms with E-state index in [1.165, 1.54) is 0 Å². The van der Waals surface area contributed by atoms with E-state index in [0.717, 1.165) is 34.6 Å². The first-order chi connectivity index (χ1) is 21.2. The van der Waals surface area contributed by atoms with Crippen LogP contribution in [0.15, 0.2) is 60.0 Å². The highest BCUT2D eigenvalue weighted by atomic mass is 32.1. The lowest BCUT2D eigenvalue weighted by Crippen LogP contribution is -2.49. The molecule has 5 N–H and O–H groups in total. The summed E-state index contributed by atoms with van der Waals surface area (Å²) in [5.41, 5.74) is 8.59. The number of methoxy groups -OCH3 is 1. The zero-order valence-corrected chi connectivity index (χ0v) is 26.8. The van der Waals surface area contributed by atoms with Crippen molar-refractivity contribution in [1.82, 2.24) is 15.5 Å². The van der Waals surface area contributed by atoms with Gasteiger partial charge in [-0.25, -0.2) is 0 Å². The molecule has 44 heavy (non-hydrogen) atoms. The van der Waals surface area contributed by atoms with Crippen molar-refractivity contribution in [1.29, 1.82) is 0 Å². The Morgan fingerprint density at radius 3 is 2.23 bits per heavy atom. The van der Waals surface area contributed by atoms with Gasteiger partial charge in [-0.15, -0.1) is 11.3 Å². The number of amides is 3. The maximum Gasteiger partial charge on any atom is 0.226 e. The Labute approximate surface area is 264 Å². The smallest absolute Gasteiger partial charge is 0.226 e. The molecule has 3 rings (SSSR count). The molecule has 0 saturated heterocycles. The molecule has 0 saturated carbocycles. The maximum atomic E-state index is 13.3. The van der Waals surface area contributed by atoms with Crippen LogP contribution in [0.3, 0.4) is 0 Å². The van der Waals surface area contributed by atoms with Gasteiger partial charge in [0.1, 0.15) is 5.75 Å². The first-order valence-corrected chi connectivity index (χ1v) is 16.1. The monoisotopic (exact) mass is 622 g/mol. The summed E-state index contributed by atoms with van der Waals surface area (Å²) in [5, 5.41) is 19.4. The molecule has 9 nitrogen and oxygen atoms in total. The number of benzene rings is 2. The molecule has 0 fully saturated rings. The van der Waals surface area contributed by atoms with Crippen molar-refractivity contribution >= 4 is 29.1 Å². The van der Waals surface area contributed by atoms with Crippen molar-refractivity contribution < 1.29 is 24.2 Å². The van der Waals surface area contributed by atoms with Gasteiger partial charge in [-0.2, -0.15) is 0 Å². The molecule has 1 heterocycles. The molecule has 3 aromatic rings. The number of nitrogens with two attached hydrogens (primary N) is 1. The summed E-state index contributed by atoms with van der Waals surface area (Å²) >= 11 is 1.57. The molecular formula is C34H46N4O5S. The van der Waals surface area contributed by atoms with Crippen LogP contribution in [0.1, 0.15) is 53.8 Å². The Morgan fingerprint density at radius 1 is 0.932 bits per heavy atom. The average Bonchev–Trinajstić information content (AvgIpc) is 3.49. The molecule has 10 heteroatoms. The van der Waals surface area contributed by atoms with Gasteiger partial charge in [0.05, 0.1) is 38.5 Å². The van der Waals surface area contributed by atoms with Crippen LogP contribution in [0.2, 0.25) is 0 Å². The topological polar surface area (TPSA) is 134 Å². The van der Waals surface area contributed by atoms with Crippen LogP contribution in [0, 0.1) is 0 Å². The Kier molecular flexibility index (Phi) is 14.3. The molecule has 0 radical (unpaired) electrons. The largest absolute Gasteiger partial charge is 0.497 e. The lowest BCUT2D eigenvalue weighted by molar-refractivity contribution is -0.130. The van der Waals surface area contributed by atoms with E-state index in [1.807, 2.05) is 72.7 Å². The zero-order valence-electron chi connectivity index (χ0n) is 26.0. The van der Waals surface area contributed by atoms with Gasteiger partial charge in [-0.1, -0.05) is 50.2 Å². The molecular weight excluding hydrogens is 576 g/mol. The zero-order chi connectivity index (χ0) is 31.9. The molecule has 3 amide bonds. The highest BCUT2D eigenvalue weighted by Gasteiger charge is 2.23. The lowest BCUT2D eigenvalue weighted by atomic mass is 9.98. The molecule has 2 aromatic carbocycles. The number of ether oxygens (including phenoxy) is 1. The molecule has 0 bridgehead atoms. The van der Waals surface area contributed by atoms with E-state index >= 15 is 0 Å². The van der Waals surface area contributed by atoms with E-state index in [-0.39, 0.29) is 37.6 Å². The molecule has 2 atom stereocenters. The number of primary amides is 1. The van der Waals surface area contributed by atoms with Gasteiger partial charge in [0, 0.05) is 37.5 Å². The number of nitrogens with one attached hydrogen (secondary N) is 2. The fourth-order valence-electron chi connectivity index (χ4n) is 5.20. The van der Waals surface area contributed by atoms with Crippen LogP contribution in [0.25, 0.3) is 0 Å². The van der Waals surface area contributed by atoms with Crippen LogP contribution in [0.5, 0.6) is 5.75 Å². The predicted molar refractivity (Wildman–Crippen MR) is 175 cm³/mol. The second kappa shape index (κ2) is 18.2. The SMILES string of the molecule is CCCN(CCC)C(=O)Cc1cc(CC(N)=O)cc(CC(=O)N[C@@H](Cc2cccs2)[C@H](O)CNCc2cccc(OC)c2)c1. The van der Waals surface area contributed by atoms with Gasteiger partial charge in [0.2, 0.25) is 17.7 Å². The van der Waals surface area contributed by atoms with Gasteiger partial charge in [0.15, 0.2) is 0 Å². The van der Waals surface area contributed by atoms with E-state index in [4.69, 9.17) is 10.5 Å². The molecule has 0 aliphatic heterocycles. The highest BCUT2D eigenvalue weighted by molar-refractivity contribution is 7.09. The van der Waals surface area contributed by atoms with Crippen molar-refractivity contribution in [3.05, 3.63) is 87.1 Å². The summed E-state index contributed by atoms with van der Waals surface area (Å²) in [5.74, 6) is 0.0359. The van der Waals surface area contributed by atoms with E-state index in [1.54, 1.807) is 24.5 Å². The normalized spacial score (nSPS) is 12.4. The van der Waals surface area contributed by atoms with Gasteiger partial charge in [0.25, 0.3) is 0 Å². The van der Waals surface area contributed by atoms with E-state index in [9.17, 15) is 19.5 Å². The second-order valence-electron chi connectivity index (χ2n) is 11.0. The van der Waals surface area contributed by atoms with Gasteiger partial charge in [-0.3, -0.25) is 14.4 Å². The van der Waals surface area contributed by atoms with Crippen molar-refractivity contribution in [2.75, 3.05) is 26.7 Å². The number of carbonyl (C=O) groups excluding carboxylic acids is 3. The third-order valence-corrected chi connectivity index (χ3v) is 8.08. The minimum Gasteiger partial charge on any atom is -0.497 e. The van der Waals surface area contributed by atoms with E-state index in [0.29, 0.717) is 37.2 Å². The highest BCUT2D eigenvalue weighted by Crippen LogP contribution is 2.17. The van der Waals surface area contributed by atoms with Crippen LogP contribution in [-0.4, -0.2) is 66.6 Å². The Morgan fingerprint density at radius 2 is 1.61 bits per heavy atom. The fourth-order valence-corrected chi connectivity index (χ4v) is 5.96. The summed E-state index contributed by atoms with van der Waals surface area (Å²) in [4.78, 5) is 41.0. The third-order valence-electron chi connectivity index (χ3n) is 7.18. The fraction of sp³-hybridized carbons (Fsp3) is 0.441. The van der Waals surface area contributed by atoms with Crippen molar-refractivity contribution in [2.45, 2.75) is 71.1 Å². The van der Waals surface area contributed by atoms with Gasteiger partial charge in [-0.05, 0) is 58.7 Å². The average molecular weight is 623 g/mol. The third kappa shape index (κ3) is 11.7. The minimum atomic E-state index is -0.843.